The highest BCUT2D eigenvalue weighted by molar-refractivity contribution is 6.04. The molecule has 2 N–H and O–H groups in total. The molecule has 0 spiro atoms. The van der Waals surface area contributed by atoms with Crippen LogP contribution in [0.15, 0.2) is 54.9 Å². The molecule has 2 amide bonds. The lowest BCUT2D eigenvalue weighted by Crippen LogP contribution is -2.25. The number of nitrogens with zero attached hydrogens (tertiary/aromatic N) is 4. The van der Waals surface area contributed by atoms with Crippen molar-refractivity contribution in [1.29, 1.82) is 0 Å². The third-order valence-corrected chi connectivity index (χ3v) is 3.71. The molecule has 2 aromatic carbocycles. The monoisotopic (exact) mass is 360 g/mol. The van der Waals surface area contributed by atoms with Gasteiger partial charge in [-0.1, -0.05) is 30.2 Å². The molecule has 8 heteroatoms. The smallest absolute Gasteiger partial charge is 0.254 e. The van der Waals surface area contributed by atoms with E-state index < -0.39 is 0 Å². The van der Waals surface area contributed by atoms with Gasteiger partial charge in [0, 0.05) is 0 Å². The minimum atomic E-state index is -0.338. The van der Waals surface area contributed by atoms with Gasteiger partial charge in [-0.25, -0.2) is 4.68 Å². The number of aromatic nitrogens is 4. The van der Waals surface area contributed by atoms with Gasteiger partial charge < -0.3 is 10.6 Å². The van der Waals surface area contributed by atoms with Gasteiger partial charge in [0.05, 0.1) is 29.9 Å². The Morgan fingerprint density at radius 3 is 2.59 bits per heavy atom. The van der Waals surface area contributed by atoms with Crippen molar-refractivity contribution in [3.05, 3.63) is 66.0 Å². The number of carbonyl (C=O) groups is 2. The summed E-state index contributed by atoms with van der Waals surface area (Å²) in [4.78, 5) is 24.5. The van der Waals surface area contributed by atoms with Gasteiger partial charge in [-0.15, -0.1) is 11.5 Å². The van der Waals surface area contributed by atoms with Crippen molar-refractivity contribution in [3.8, 4) is 18.0 Å². The molecule has 27 heavy (non-hydrogen) atoms. The Morgan fingerprint density at radius 1 is 1.11 bits per heavy atom. The molecular formula is C19H16N6O2. The molecule has 134 valence electrons. The third kappa shape index (κ3) is 4.55. The predicted molar refractivity (Wildman–Crippen MR) is 99.1 cm³/mol. The molecular weight excluding hydrogens is 344 g/mol. The van der Waals surface area contributed by atoms with Crippen LogP contribution in [0.3, 0.4) is 0 Å². The second kappa shape index (κ2) is 8.40. The number of tetrazole rings is 1. The first-order valence-corrected chi connectivity index (χ1v) is 8.10. The standard InChI is InChI=1S/C19H16N6O2/c1-2-11-20-19(27)16-5-3-4-6-17(16)22-18(26)12-14-7-9-15(10-8-14)25-13-21-23-24-25/h1,3-10,13H,11-12H2,(H,20,27)(H,22,26). The van der Waals surface area contributed by atoms with Crippen LogP contribution in [0.5, 0.6) is 0 Å². The van der Waals surface area contributed by atoms with Gasteiger partial charge in [-0.3, -0.25) is 9.59 Å². The highest BCUT2D eigenvalue weighted by Gasteiger charge is 2.13. The lowest BCUT2D eigenvalue weighted by Gasteiger charge is -2.11. The summed E-state index contributed by atoms with van der Waals surface area (Å²) < 4.78 is 1.52. The van der Waals surface area contributed by atoms with E-state index in [9.17, 15) is 9.59 Å². The van der Waals surface area contributed by atoms with Gasteiger partial charge in [0.2, 0.25) is 5.91 Å². The molecule has 0 saturated carbocycles. The maximum Gasteiger partial charge on any atom is 0.254 e. The van der Waals surface area contributed by atoms with Crippen LogP contribution in [0, 0.1) is 12.3 Å². The van der Waals surface area contributed by atoms with Gasteiger partial charge >= 0.3 is 0 Å². The maximum atomic E-state index is 12.4. The molecule has 0 bridgehead atoms. The van der Waals surface area contributed by atoms with E-state index in [1.807, 2.05) is 24.3 Å². The highest BCUT2D eigenvalue weighted by atomic mass is 16.2. The Balaban J connectivity index is 1.66. The quantitative estimate of drug-likeness (QED) is 0.643. The molecule has 0 saturated heterocycles. The largest absolute Gasteiger partial charge is 0.341 e. The molecule has 3 rings (SSSR count). The van der Waals surface area contributed by atoms with Crippen molar-refractivity contribution in [1.82, 2.24) is 25.5 Å². The summed E-state index contributed by atoms with van der Waals surface area (Å²) in [5.41, 5.74) is 2.40. The summed E-state index contributed by atoms with van der Waals surface area (Å²) in [7, 11) is 0. The van der Waals surface area contributed by atoms with E-state index in [1.165, 1.54) is 11.0 Å². The van der Waals surface area contributed by atoms with Gasteiger partial charge in [0.15, 0.2) is 0 Å². The molecule has 0 fully saturated rings. The Hall–Kier alpha value is -3.99. The van der Waals surface area contributed by atoms with E-state index in [2.05, 4.69) is 32.1 Å². The molecule has 8 nitrogen and oxygen atoms in total. The molecule has 0 aliphatic carbocycles. The van der Waals surface area contributed by atoms with Gasteiger partial charge in [-0.2, -0.15) is 0 Å². The van der Waals surface area contributed by atoms with Crippen LogP contribution in [-0.2, 0) is 11.2 Å². The van der Waals surface area contributed by atoms with Gasteiger partial charge in [-0.05, 0) is 40.3 Å². The van der Waals surface area contributed by atoms with E-state index in [4.69, 9.17) is 6.42 Å². The van der Waals surface area contributed by atoms with Crippen LogP contribution in [0.1, 0.15) is 15.9 Å². The molecule has 1 heterocycles. The summed E-state index contributed by atoms with van der Waals surface area (Å²) in [6.07, 6.45) is 6.81. The lowest BCUT2D eigenvalue weighted by atomic mass is 10.1. The average Bonchev–Trinajstić information content (AvgIpc) is 3.22. The van der Waals surface area contributed by atoms with Crippen molar-refractivity contribution in [3.63, 3.8) is 0 Å². The maximum absolute atomic E-state index is 12.4. The number of anilines is 1. The van der Waals surface area contributed by atoms with Crippen LogP contribution in [0.4, 0.5) is 5.69 Å². The van der Waals surface area contributed by atoms with Crippen molar-refractivity contribution in [2.45, 2.75) is 6.42 Å². The van der Waals surface area contributed by atoms with Gasteiger partial charge in [0.25, 0.3) is 5.91 Å². The zero-order chi connectivity index (χ0) is 19.1. The van der Waals surface area contributed by atoms with Crippen LogP contribution in [0.25, 0.3) is 5.69 Å². The minimum Gasteiger partial charge on any atom is -0.341 e. The molecule has 0 atom stereocenters. The minimum absolute atomic E-state index is 0.120. The third-order valence-electron chi connectivity index (χ3n) is 3.71. The second-order valence-corrected chi connectivity index (χ2v) is 5.58. The van der Waals surface area contributed by atoms with Crippen molar-refractivity contribution < 1.29 is 9.59 Å². The molecule has 1 aromatic heterocycles. The first-order valence-electron chi connectivity index (χ1n) is 8.10. The fourth-order valence-electron chi connectivity index (χ4n) is 2.44. The number of amides is 2. The molecule has 0 aliphatic heterocycles. The number of hydrogen-bond donors (Lipinski definition) is 2. The van der Waals surface area contributed by atoms with E-state index >= 15 is 0 Å². The molecule has 0 radical (unpaired) electrons. The van der Waals surface area contributed by atoms with Crippen molar-refractivity contribution in [2.24, 2.45) is 0 Å². The molecule has 0 aliphatic rings. The number of para-hydroxylation sites is 1. The fourth-order valence-corrected chi connectivity index (χ4v) is 2.44. The van der Waals surface area contributed by atoms with Crippen molar-refractivity contribution in [2.75, 3.05) is 11.9 Å². The van der Waals surface area contributed by atoms with E-state index in [0.717, 1.165) is 11.3 Å². The highest BCUT2D eigenvalue weighted by Crippen LogP contribution is 2.16. The number of hydrogen-bond acceptors (Lipinski definition) is 5. The Morgan fingerprint density at radius 2 is 1.89 bits per heavy atom. The Bertz CT molecular complexity index is 974. The Kier molecular flexibility index (Phi) is 5.54. The van der Waals surface area contributed by atoms with Crippen molar-refractivity contribution >= 4 is 17.5 Å². The summed E-state index contributed by atoms with van der Waals surface area (Å²) in [6, 6.07) is 14.0. The number of benzene rings is 2. The number of carbonyl (C=O) groups excluding carboxylic acids is 2. The fraction of sp³-hybridized carbons (Fsp3) is 0.105. The van der Waals surface area contributed by atoms with E-state index in [1.54, 1.807) is 24.3 Å². The lowest BCUT2D eigenvalue weighted by molar-refractivity contribution is -0.115. The topological polar surface area (TPSA) is 102 Å². The predicted octanol–water partition coefficient (Wildman–Crippen LogP) is 1.21. The Labute approximate surface area is 155 Å². The van der Waals surface area contributed by atoms with Crippen LogP contribution >= 0.6 is 0 Å². The van der Waals surface area contributed by atoms with Crippen LogP contribution < -0.4 is 10.6 Å². The second-order valence-electron chi connectivity index (χ2n) is 5.58. The zero-order valence-corrected chi connectivity index (χ0v) is 14.3. The number of nitrogens with one attached hydrogen (secondary N) is 2. The van der Waals surface area contributed by atoms with Crippen LogP contribution in [-0.4, -0.2) is 38.6 Å². The van der Waals surface area contributed by atoms with E-state index in [-0.39, 0.29) is 24.8 Å². The molecule has 3 aromatic rings. The SMILES string of the molecule is C#CCNC(=O)c1ccccc1NC(=O)Cc1ccc(-n2cnnn2)cc1. The normalized spacial score (nSPS) is 10.0. The van der Waals surface area contributed by atoms with Gasteiger partial charge in [0.1, 0.15) is 6.33 Å². The van der Waals surface area contributed by atoms with Crippen LogP contribution in [0.2, 0.25) is 0 Å². The summed E-state index contributed by atoms with van der Waals surface area (Å²) >= 11 is 0. The van der Waals surface area contributed by atoms with E-state index in [0.29, 0.717) is 11.3 Å². The first kappa shape index (κ1) is 17.8. The summed E-state index contributed by atoms with van der Waals surface area (Å²) in [5, 5.41) is 16.3. The average molecular weight is 360 g/mol. The number of terminal acetylenes is 1. The first-order chi connectivity index (χ1) is 13.2. The molecule has 0 unspecified atom stereocenters. The summed E-state index contributed by atoms with van der Waals surface area (Å²) in [5.74, 6) is 1.77. The summed E-state index contributed by atoms with van der Waals surface area (Å²) in [6.45, 7) is 0.120. The number of rotatable bonds is 6. The zero-order valence-electron chi connectivity index (χ0n) is 14.3.